The molecule has 2 rings (SSSR count). The molecule has 0 aromatic rings. The van der Waals surface area contributed by atoms with Crippen molar-refractivity contribution in [2.75, 3.05) is 0 Å². The van der Waals surface area contributed by atoms with Gasteiger partial charge in [-0.15, -0.1) is 0 Å². The Hall–Kier alpha value is -0.120. The summed E-state index contributed by atoms with van der Waals surface area (Å²) in [5.74, 6) is -0.451. The van der Waals surface area contributed by atoms with Crippen LogP contribution in [-0.4, -0.2) is 18.0 Å². The van der Waals surface area contributed by atoms with Gasteiger partial charge in [-0.05, 0) is 26.0 Å². The summed E-state index contributed by atoms with van der Waals surface area (Å²) in [4.78, 5) is 0. The predicted octanol–water partition coefficient (Wildman–Crippen LogP) is 2.36. The Bertz CT molecular complexity index is 255. The largest absolute Gasteiger partial charge is 0.340 e. The van der Waals surface area contributed by atoms with Gasteiger partial charge in [0.1, 0.15) is 12.2 Å². The quantitative estimate of drug-likeness (QED) is 0.637. The molecule has 2 nitrogen and oxygen atoms in total. The lowest BCUT2D eigenvalue weighted by atomic mass is 10.1. The van der Waals surface area contributed by atoms with Crippen LogP contribution in [0.5, 0.6) is 0 Å². The normalized spacial score (nSPS) is 37.8. The van der Waals surface area contributed by atoms with E-state index in [0.29, 0.717) is 0 Å². The van der Waals surface area contributed by atoms with Gasteiger partial charge in [0.2, 0.25) is 0 Å². The van der Waals surface area contributed by atoms with Gasteiger partial charge >= 0.3 is 0 Å². The summed E-state index contributed by atoms with van der Waals surface area (Å²) in [5, 5.41) is 0. The van der Waals surface area contributed by atoms with Crippen LogP contribution in [0.2, 0.25) is 0 Å². The van der Waals surface area contributed by atoms with E-state index >= 15 is 0 Å². The van der Waals surface area contributed by atoms with Gasteiger partial charge < -0.3 is 9.47 Å². The van der Waals surface area contributed by atoms with Crippen LogP contribution in [0.3, 0.4) is 0 Å². The van der Waals surface area contributed by atoms with Crippen LogP contribution < -0.4 is 0 Å². The summed E-state index contributed by atoms with van der Waals surface area (Å²) in [6.45, 7) is 3.86. The molecular weight excluding hydrogens is 220 g/mol. The molecule has 0 aromatic carbocycles. The molecule has 0 N–H and O–H groups in total. The van der Waals surface area contributed by atoms with Crippen molar-refractivity contribution >= 4 is 15.9 Å². The first-order valence-electron chi connectivity index (χ1n) is 3.98. The highest BCUT2D eigenvalue weighted by Gasteiger charge is 2.39. The first-order valence-corrected chi connectivity index (χ1v) is 4.77. The van der Waals surface area contributed by atoms with Gasteiger partial charge in [-0.25, -0.2) is 0 Å². The van der Waals surface area contributed by atoms with Gasteiger partial charge in [-0.3, -0.25) is 0 Å². The maximum atomic E-state index is 5.64. The fourth-order valence-corrected chi connectivity index (χ4v) is 1.91. The van der Waals surface area contributed by atoms with E-state index in [0.717, 1.165) is 4.48 Å². The van der Waals surface area contributed by atoms with Crippen LogP contribution >= 0.6 is 15.9 Å². The smallest absolute Gasteiger partial charge is 0.164 e. The molecule has 0 aromatic heterocycles. The molecule has 0 radical (unpaired) electrons. The maximum Gasteiger partial charge on any atom is 0.164 e. The summed E-state index contributed by atoms with van der Waals surface area (Å²) >= 11 is 3.40. The average molecular weight is 231 g/mol. The van der Waals surface area contributed by atoms with Crippen molar-refractivity contribution in [1.82, 2.24) is 0 Å². The molecule has 1 aliphatic carbocycles. The molecule has 1 saturated heterocycles. The van der Waals surface area contributed by atoms with E-state index in [4.69, 9.17) is 9.47 Å². The van der Waals surface area contributed by atoms with E-state index in [1.807, 2.05) is 32.1 Å². The Morgan fingerprint density at radius 2 is 2.00 bits per heavy atom. The lowest BCUT2D eigenvalue weighted by Gasteiger charge is -2.15. The monoisotopic (exact) mass is 230 g/mol. The van der Waals surface area contributed by atoms with E-state index in [-0.39, 0.29) is 12.2 Å². The first-order chi connectivity index (χ1) is 5.57. The third-order valence-corrected chi connectivity index (χ3v) is 2.46. The number of allylic oxidation sites excluding steroid dienone is 2. The van der Waals surface area contributed by atoms with Gasteiger partial charge in [0.05, 0.1) is 0 Å². The van der Waals surface area contributed by atoms with Crippen LogP contribution in [0.25, 0.3) is 0 Å². The summed E-state index contributed by atoms with van der Waals surface area (Å²) in [7, 11) is 0. The number of rotatable bonds is 0. The highest BCUT2D eigenvalue weighted by atomic mass is 79.9. The second kappa shape index (κ2) is 2.69. The molecule has 0 bridgehead atoms. The van der Waals surface area contributed by atoms with Crippen LogP contribution in [0.15, 0.2) is 22.7 Å². The van der Waals surface area contributed by atoms with Crippen molar-refractivity contribution in [2.45, 2.75) is 31.8 Å². The molecule has 1 fully saturated rings. The molecule has 0 amide bonds. The topological polar surface area (TPSA) is 18.5 Å². The predicted molar refractivity (Wildman–Crippen MR) is 50.0 cm³/mol. The molecule has 66 valence electrons. The Morgan fingerprint density at radius 3 is 2.75 bits per heavy atom. The minimum absolute atomic E-state index is 0.0689. The molecule has 0 saturated carbocycles. The van der Waals surface area contributed by atoms with E-state index in [9.17, 15) is 0 Å². The Balaban J connectivity index is 2.20. The number of halogens is 1. The number of hydrogen-bond donors (Lipinski definition) is 0. The number of hydrogen-bond acceptors (Lipinski definition) is 2. The van der Waals surface area contributed by atoms with Gasteiger partial charge in [0, 0.05) is 4.48 Å². The SMILES string of the molecule is CC1(C)O[C@H]2C=CC(Br)=C[C@H]2O1. The Kier molecular flexibility index (Phi) is 1.90. The molecule has 1 aliphatic heterocycles. The second-order valence-electron chi connectivity index (χ2n) is 3.48. The van der Waals surface area contributed by atoms with E-state index in [1.165, 1.54) is 0 Å². The molecule has 2 atom stereocenters. The van der Waals surface area contributed by atoms with Gasteiger partial charge in [-0.2, -0.15) is 0 Å². The molecule has 12 heavy (non-hydrogen) atoms. The van der Waals surface area contributed by atoms with Crippen molar-refractivity contribution in [3.05, 3.63) is 22.7 Å². The third kappa shape index (κ3) is 1.49. The fourth-order valence-electron chi connectivity index (χ4n) is 1.49. The zero-order chi connectivity index (χ0) is 8.77. The maximum absolute atomic E-state index is 5.64. The van der Waals surface area contributed by atoms with Crippen LogP contribution in [-0.2, 0) is 9.47 Å². The lowest BCUT2D eigenvalue weighted by Crippen LogP contribution is -2.20. The molecule has 0 spiro atoms. The Morgan fingerprint density at radius 1 is 1.33 bits per heavy atom. The van der Waals surface area contributed by atoms with Crippen LogP contribution in [0.4, 0.5) is 0 Å². The van der Waals surface area contributed by atoms with Crippen LogP contribution in [0.1, 0.15) is 13.8 Å². The van der Waals surface area contributed by atoms with Crippen molar-refractivity contribution in [1.29, 1.82) is 0 Å². The summed E-state index contributed by atoms with van der Waals surface area (Å²) < 4.78 is 12.3. The second-order valence-corrected chi connectivity index (χ2v) is 4.39. The van der Waals surface area contributed by atoms with Crippen molar-refractivity contribution in [3.8, 4) is 0 Å². The highest BCUT2D eigenvalue weighted by molar-refractivity contribution is 9.11. The number of fused-ring (bicyclic) bond motifs is 1. The minimum atomic E-state index is -0.451. The molecule has 3 heteroatoms. The zero-order valence-corrected chi connectivity index (χ0v) is 8.67. The van der Waals surface area contributed by atoms with E-state index < -0.39 is 5.79 Å². The summed E-state index contributed by atoms with van der Waals surface area (Å²) in [6.07, 6.45) is 6.19. The van der Waals surface area contributed by atoms with Crippen molar-refractivity contribution in [2.24, 2.45) is 0 Å². The molecule has 1 heterocycles. The Labute approximate surface area is 80.4 Å². The van der Waals surface area contributed by atoms with E-state index in [2.05, 4.69) is 15.9 Å². The fraction of sp³-hybridized carbons (Fsp3) is 0.556. The molecule has 2 aliphatic rings. The van der Waals surface area contributed by atoms with Crippen molar-refractivity contribution < 1.29 is 9.47 Å². The lowest BCUT2D eigenvalue weighted by molar-refractivity contribution is -0.138. The summed E-state index contributed by atoms with van der Waals surface area (Å²) in [5.41, 5.74) is 0. The summed E-state index contributed by atoms with van der Waals surface area (Å²) in [6, 6.07) is 0. The molecular formula is C9H11BrO2. The highest BCUT2D eigenvalue weighted by Crippen LogP contribution is 2.33. The number of ether oxygens (including phenoxy) is 2. The van der Waals surface area contributed by atoms with Crippen molar-refractivity contribution in [3.63, 3.8) is 0 Å². The standard InChI is InChI=1S/C9H11BrO2/c1-9(2)11-7-4-3-6(10)5-8(7)12-9/h3-5,7-8H,1-2H3/t7-,8+/m0/s1. The first kappa shape index (κ1) is 8.48. The zero-order valence-electron chi connectivity index (χ0n) is 7.08. The third-order valence-electron chi connectivity index (χ3n) is 1.93. The van der Waals surface area contributed by atoms with Gasteiger partial charge in [-0.1, -0.05) is 22.0 Å². The average Bonchev–Trinajstić information content (AvgIpc) is 2.21. The minimum Gasteiger partial charge on any atom is -0.340 e. The van der Waals surface area contributed by atoms with Gasteiger partial charge in [0.25, 0.3) is 0 Å². The van der Waals surface area contributed by atoms with E-state index in [1.54, 1.807) is 0 Å². The molecule has 0 unspecified atom stereocenters. The van der Waals surface area contributed by atoms with Crippen LogP contribution in [0, 0.1) is 0 Å². The van der Waals surface area contributed by atoms with Gasteiger partial charge in [0.15, 0.2) is 5.79 Å².